The smallest absolute Gasteiger partial charge is 0.234 e. The van der Waals surface area contributed by atoms with Gasteiger partial charge in [0.15, 0.2) is 0 Å². The molecule has 104 valence electrons. The van der Waals surface area contributed by atoms with Gasteiger partial charge >= 0.3 is 0 Å². The zero-order valence-corrected chi connectivity index (χ0v) is 12.0. The van der Waals surface area contributed by atoms with Gasteiger partial charge in [-0.15, -0.1) is 0 Å². The summed E-state index contributed by atoms with van der Waals surface area (Å²) in [5.74, 6) is 0.355. The fourth-order valence-corrected chi connectivity index (χ4v) is 1.87. The summed E-state index contributed by atoms with van der Waals surface area (Å²) in [5, 5.41) is 2.87. The molecular formula is C16H19N3O. The molecule has 2 rings (SSSR count). The van der Waals surface area contributed by atoms with Gasteiger partial charge in [-0.1, -0.05) is 29.8 Å². The van der Waals surface area contributed by atoms with Gasteiger partial charge in [-0.2, -0.15) is 0 Å². The molecule has 0 bridgehead atoms. The molecule has 0 spiro atoms. The van der Waals surface area contributed by atoms with E-state index in [1.807, 2.05) is 45.0 Å². The van der Waals surface area contributed by atoms with Gasteiger partial charge in [-0.25, -0.2) is 4.98 Å². The van der Waals surface area contributed by atoms with E-state index < -0.39 is 5.41 Å². The molecule has 1 aromatic carbocycles. The van der Waals surface area contributed by atoms with Crippen LogP contribution in [0.4, 0.5) is 11.5 Å². The summed E-state index contributed by atoms with van der Waals surface area (Å²) in [6, 6.07) is 11.4. The van der Waals surface area contributed by atoms with Crippen LogP contribution in [0.25, 0.3) is 0 Å². The third-order valence-corrected chi connectivity index (χ3v) is 3.39. The minimum atomic E-state index is -0.616. The molecule has 4 heteroatoms. The fourth-order valence-electron chi connectivity index (χ4n) is 1.87. The van der Waals surface area contributed by atoms with E-state index in [2.05, 4.69) is 10.3 Å². The van der Waals surface area contributed by atoms with Crippen LogP contribution in [0.15, 0.2) is 42.6 Å². The number of benzene rings is 1. The van der Waals surface area contributed by atoms with Gasteiger partial charge in [0.2, 0.25) is 5.91 Å². The van der Waals surface area contributed by atoms with Gasteiger partial charge in [-0.05, 0) is 38.5 Å². The predicted octanol–water partition coefficient (Wildman–Crippen LogP) is 2.89. The third-order valence-electron chi connectivity index (χ3n) is 3.39. The summed E-state index contributed by atoms with van der Waals surface area (Å²) < 4.78 is 0. The Hall–Kier alpha value is -2.36. The molecular weight excluding hydrogens is 250 g/mol. The van der Waals surface area contributed by atoms with Crippen LogP contribution < -0.4 is 11.1 Å². The number of nitrogen functional groups attached to an aromatic ring is 1. The molecule has 0 radical (unpaired) electrons. The van der Waals surface area contributed by atoms with E-state index in [4.69, 9.17) is 5.73 Å². The lowest BCUT2D eigenvalue weighted by Gasteiger charge is -2.24. The molecule has 0 aliphatic rings. The minimum Gasteiger partial charge on any atom is -0.384 e. The van der Waals surface area contributed by atoms with E-state index >= 15 is 0 Å². The van der Waals surface area contributed by atoms with Gasteiger partial charge in [-0.3, -0.25) is 4.79 Å². The summed E-state index contributed by atoms with van der Waals surface area (Å²) in [4.78, 5) is 16.4. The first-order valence-corrected chi connectivity index (χ1v) is 6.50. The number of hydrogen-bond donors (Lipinski definition) is 2. The number of nitrogens with one attached hydrogen (secondary N) is 1. The van der Waals surface area contributed by atoms with Crippen LogP contribution in [0.5, 0.6) is 0 Å². The van der Waals surface area contributed by atoms with Crippen LogP contribution in [0, 0.1) is 6.92 Å². The molecule has 0 aliphatic heterocycles. The van der Waals surface area contributed by atoms with E-state index in [0.29, 0.717) is 11.5 Å². The first-order chi connectivity index (χ1) is 9.39. The van der Waals surface area contributed by atoms with Gasteiger partial charge < -0.3 is 11.1 Å². The van der Waals surface area contributed by atoms with Gasteiger partial charge in [0.1, 0.15) is 5.82 Å². The van der Waals surface area contributed by atoms with Crippen LogP contribution >= 0.6 is 0 Å². The van der Waals surface area contributed by atoms with Crippen LogP contribution in [0.2, 0.25) is 0 Å². The van der Waals surface area contributed by atoms with Crippen molar-refractivity contribution >= 4 is 17.4 Å². The highest BCUT2D eigenvalue weighted by molar-refractivity contribution is 5.98. The van der Waals surface area contributed by atoms with E-state index in [9.17, 15) is 4.79 Å². The average Bonchev–Trinajstić information content (AvgIpc) is 2.42. The number of amides is 1. The molecule has 0 unspecified atom stereocenters. The molecule has 0 aliphatic carbocycles. The number of rotatable bonds is 3. The SMILES string of the molecule is Cc1ccc(C(C)(C)C(=O)Nc2ccc(N)nc2)cc1. The molecule has 0 saturated heterocycles. The number of pyridine rings is 1. The highest BCUT2D eigenvalue weighted by Crippen LogP contribution is 2.25. The summed E-state index contributed by atoms with van der Waals surface area (Å²) in [6.07, 6.45) is 1.55. The van der Waals surface area contributed by atoms with Crippen molar-refractivity contribution in [2.24, 2.45) is 0 Å². The number of aromatic nitrogens is 1. The van der Waals surface area contributed by atoms with Crippen molar-refractivity contribution < 1.29 is 4.79 Å². The molecule has 4 nitrogen and oxygen atoms in total. The largest absolute Gasteiger partial charge is 0.384 e. The Morgan fingerprint density at radius 2 is 1.80 bits per heavy atom. The van der Waals surface area contributed by atoms with Crippen molar-refractivity contribution in [3.05, 3.63) is 53.7 Å². The topological polar surface area (TPSA) is 68.0 Å². The Morgan fingerprint density at radius 3 is 2.35 bits per heavy atom. The summed E-state index contributed by atoms with van der Waals surface area (Å²) in [5.41, 5.74) is 7.70. The van der Waals surface area contributed by atoms with Gasteiger partial charge in [0.25, 0.3) is 0 Å². The van der Waals surface area contributed by atoms with Crippen molar-refractivity contribution in [3.8, 4) is 0 Å². The second-order valence-electron chi connectivity index (χ2n) is 5.42. The Kier molecular flexibility index (Phi) is 3.74. The van der Waals surface area contributed by atoms with E-state index in [1.54, 1.807) is 18.3 Å². The van der Waals surface area contributed by atoms with Gasteiger partial charge in [0, 0.05) is 0 Å². The molecule has 20 heavy (non-hydrogen) atoms. The van der Waals surface area contributed by atoms with Crippen molar-refractivity contribution in [2.45, 2.75) is 26.2 Å². The molecule has 3 N–H and O–H groups in total. The molecule has 1 aromatic heterocycles. The minimum absolute atomic E-state index is 0.0760. The Bertz CT molecular complexity index is 601. The van der Waals surface area contributed by atoms with E-state index in [-0.39, 0.29) is 5.91 Å². The van der Waals surface area contributed by atoms with E-state index in [1.165, 1.54) is 5.56 Å². The highest BCUT2D eigenvalue weighted by Gasteiger charge is 2.29. The van der Waals surface area contributed by atoms with Crippen molar-refractivity contribution in [2.75, 3.05) is 11.1 Å². The van der Waals surface area contributed by atoms with Crippen LogP contribution in [0.3, 0.4) is 0 Å². The van der Waals surface area contributed by atoms with Crippen molar-refractivity contribution in [3.63, 3.8) is 0 Å². The predicted molar refractivity (Wildman–Crippen MR) is 81.5 cm³/mol. The molecule has 2 aromatic rings. The normalized spacial score (nSPS) is 11.2. The van der Waals surface area contributed by atoms with Gasteiger partial charge in [0.05, 0.1) is 17.3 Å². The maximum absolute atomic E-state index is 12.4. The van der Waals surface area contributed by atoms with Crippen molar-refractivity contribution in [1.82, 2.24) is 4.98 Å². The number of nitrogens with two attached hydrogens (primary N) is 1. The lowest BCUT2D eigenvalue weighted by molar-refractivity contribution is -0.120. The molecule has 0 saturated carbocycles. The average molecular weight is 269 g/mol. The van der Waals surface area contributed by atoms with Crippen molar-refractivity contribution in [1.29, 1.82) is 0 Å². The summed E-state index contributed by atoms with van der Waals surface area (Å²) in [7, 11) is 0. The quantitative estimate of drug-likeness (QED) is 0.900. The molecule has 0 atom stereocenters. The summed E-state index contributed by atoms with van der Waals surface area (Å²) >= 11 is 0. The van der Waals surface area contributed by atoms with Crippen LogP contribution in [-0.4, -0.2) is 10.9 Å². The number of aryl methyl sites for hydroxylation is 1. The zero-order chi connectivity index (χ0) is 14.8. The monoisotopic (exact) mass is 269 g/mol. The Morgan fingerprint density at radius 1 is 1.15 bits per heavy atom. The number of hydrogen-bond acceptors (Lipinski definition) is 3. The maximum Gasteiger partial charge on any atom is 0.234 e. The molecule has 0 fully saturated rings. The zero-order valence-electron chi connectivity index (χ0n) is 12.0. The standard InChI is InChI=1S/C16H19N3O/c1-11-4-6-12(7-5-11)16(2,3)15(20)19-13-8-9-14(17)18-10-13/h4-10H,1-3H3,(H2,17,18)(H,19,20). The lowest BCUT2D eigenvalue weighted by atomic mass is 9.83. The number of carbonyl (C=O) groups is 1. The fraction of sp³-hybridized carbons (Fsp3) is 0.250. The van der Waals surface area contributed by atoms with Crippen LogP contribution in [-0.2, 0) is 10.2 Å². The van der Waals surface area contributed by atoms with Crippen LogP contribution in [0.1, 0.15) is 25.0 Å². The summed E-state index contributed by atoms with van der Waals surface area (Å²) in [6.45, 7) is 5.83. The Balaban J connectivity index is 2.18. The Labute approximate surface area is 119 Å². The number of anilines is 2. The van der Waals surface area contributed by atoms with E-state index in [0.717, 1.165) is 5.56 Å². The second kappa shape index (κ2) is 5.33. The number of nitrogens with zero attached hydrogens (tertiary/aromatic N) is 1. The first kappa shape index (κ1) is 14.1. The maximum atomic E-state index is 12.4. The first-order valence-electron chi connectivity index (χ1n) is 6.50. The number of carbonyl (C=O) groups excluding carboxylic acids is 1. The second-order valence-corrected chi connectivity index (χ2v) is 5.42. The highest BCUT2D eigenvalue weighted by atomic mass is 16.2. The lowest BCUT2D eigenvalue weighted by Crippen LogP contribution is -2.34. The third kappa shape index (κ3) is 2.96. The molecule has 1 amide bonds. The molecule has 1 heterocycles.